The van der Waals surface area contributed by atoms with Crippen molar-refractivity contribution in [1.82, 2.24) is 0 Å². The van der Waals surface area contributed by atoms with Crippen molar-refractivity contribution in [2.75, 3.05) is 11.4 Å². The molecule has 1 aromatic carbocycles. The molecular formula is C10H9F4NO. The van der Waals surface area contributed by atoms with Gasteiger partial charge in [0.1, 0.15) is 5.82 Å². The summed E-state index contributed by atoms with van der Waals surface area (Å²) in [5.74, 6) is -2.53. The lowest BCUT2D eigenvalue weighted by molar-refractivity contribution is -0.170. The number of carbonyl (C=O) groups is 1. The molecule has 1 rings (SSSR count). The number of nitrogens with zero attached hydrogens (tertiary/aromatic N) is 1. The molecule has 0 aliphatic heterocycles. The van der Waals surface area contributed by atoms with Gasteiger partial charge in [0.25, 0.3) is 0 Å². The molecular weight excluding hydrogens is 226 g/mol. The number of carbonyl (C=O) groups excluding carboxylic acids is 1. The molecule has 1 amide bonds. The standard InChI is InChI=1S/C10H9F4NO/c1-2-15(9(16)10(12,13)14)8-5-3-7(11)4-6-8/h3-6H,2H2,1H3. The summed E-state index contributed by atoms with van der Waals surface area (Å²) in [4.78, 5) is 11.5. The summed E-state index contributed by atoms with van der Waals surface area (Å²) in [5, 5.41) is 0. The first-order chi connectivity index (χ1) is 7.36. The van der Waals surface area contributed by atoms with Crippen LogP contribution in [0.3, 0.4) is 0 Å². The van der Waals surface area contributed by atoms with Crippen molar-refractivity contribution in [2.24, 2.45) is 0 Å². The number of rotatable bonds is 2. The minimum Gasteiger partial charge on any atom is -0.305 e. The maximum absolute atomic E-state index is 12.6. The number of anilines is 1. The molecule has 0 heterocycles. The van der Waals surface area contributed by atoms with Crippen LogP contribution in [0.2, 0.25) is 0 Å². The Morgan fingerprint density at radius 1 is 1.25 bits per heavy atom. The van der Waals surface area contributed by atoms with E-state index in [0.29, 0.717) is 4.90 Å². The van der Waals surface area contributed by atoms with Gasteiger partial charge in [-0.25, -0.2) is 4.39 Å². The number of amides is 1. The molecule has 0 atom stereocenters. The van der Waals surface area contributed by atoms with Crippen LogP contribution in [0.15, 0.2) is 24.3 Å². The largest absolute Gasteiger partial charge is 0.471 e. The summed E-state index contributed by atoms with van der Waals surface area (Å²) in [6, 6.07) is 4.26. The molecule has 0 aliphatic carbocycles. The van der Waals surface area contributed by atoms with Crippen LogP contribution in [0.25, 0.3) is 0 Å². The Hall–Kier alpha value is -1.59. The summed E-state index contributed by atoms with van der Waals surface area (Å²) >= 11 is 0. The first-order valence-corrected chi connectivity index (χ1v) is 4.50. The van der Waals surface area contributed by atoms with Gasteiger partial charge in [-0.15, -0.1) is 0 Å². The van der Waals surface area contributed by atoms with E-state index in [2.05, 4.69) is 0 Å². The molecule has 0 saturated carbocycles. The van der Waals surface area contributed by atoms with Crippen molar-refractivity contribution in [1.29, 1.82) is 0 Å². The molecule has 0 N–H and O–H groups in total. The van der Waals surface area contributed by atoms with Gasteiger partial charge in [0.15, 0.2) is 0 Å². The maximum Gasteiger partial charge on any atom is 0.471 e. The van der Waals surface area contributed by atoms with Crippen molar-refractivity contribution in [3.63, 3.8) is 0 Å². The van der Waals surface area contributed by atoms with Gasteiger partial charge in [0.2, 0.25) is 0 Å². The van der Waals surface area contributed by atoms with E-state index in [9.17, 15) is 22.4 Å². The van der Waals surface area contributed by atoms with Crippen molar-refractivity contribution >= 4 is 11.6 Å². The van der Waals surface area contributed by atoms with Gasteiger partial charge in [-0.05, 0) is 31.2 Å². The van der Waals surface area contributed by atoms with Crippen LogP contribution < -0.4 is 4.90 Å². The van der Waals surface area contributed by atoms with E-state index in [-0.39, 0.29) is 12.2 Å². The highest BCUT2D eigenvalue weighted by Crippen LogP contribution is 2.23. The molecule has 88 valence electrons. The van der Waals surface area contributed by atoms with E-state index in [1.165, 1.54) is 6.92 Å². The Labute approximate surface area is 89.5 Å². The van der Waals surface area contributed by atoms with Crippen LogP contribution in [0.4, 0.5) is 23.2 Å². The van der Waals surface area contributed by atoms with Crippen LogP contribution >= 0.6 is 0 Å². The molecule has 0 fully saturated rings. The van der Waals surface area contributed by atoms with Crippen molar-refractivity contribution in [3.05, 3.63) is 30.1 Å². The van der Waals surface area contributed by atoms with Crippen LogP contribution in [0, 0.1) is 5.82 Å². The molecule has 16 heavy (non-hydrogen) atoms. The summed E-state index contributed by atoms with van der Waals surface area (Å²) in [7, 11) is 0. The lowest BCUT2D eigenvalue weighted by Crippen LogP contribution is -2.41. The monoisotopic (exact) mass is 235 g/mol. The number of hydrogen-bond acceptors (Lipinski definition) is 1. The molecule has 0 aliphatic rings. The number of alkyl halides is 3. The zero-order chi connectivity index (χ0) is 12.3. The normalized spacial score (nSPS) is 11.3. The average Bonchev–Trinajstić information content (AvgIpc) is 2.20. The lowest BCUT2D eigenvalue weighted by Gasteiger charge is -2.21. The van der Waals surface area contributed by atoms with E-state index in [1.807, 2.05) is 0 Å². The zero-order valence-electron chi connectivity index (χ0n) is 8.38. The van der Waals surface area contributed by atoms with Gasteiger partial charge in [-0.3, -0.25) is 4.79 Å². The second-order valence-corrected chi connectivity index (χ2v) is 3.02. The van der Waals surface area contributed by atoms with E-state index < -0.39 is 17.9 Å². The van der Waals surface area contributed by atoms with Gasteiger partial charge in [0.05, 0.1) is 0 Å². The smallest absolute Gasteiger partial charge is 0.305 e. The van der Waals surface area contributed by atoms with Gasteiger partial charge in [-0.1, -0.05) is 0 Å². The molecule has 0 radical (unpaired) electrons. The predicted molar refractivity (Wildman–Crippen MR) is 50.5 cm³/mol. The van der Waals surface area contributed by atoms with Crippen LogP contribution in [0.1, 0.15) is 6.92 Å². The Bertz CT molecular complexity index is 371. The fraction of sp³-hybridized carbons (Fsp3) is 0.300. The molecule has 0 bridgehead atoms. The second kappa shape index (κ2) is 4.51. The highest BCUT2D eigenvalue weighted by Gasteiger charge is 2.42. The van der Waals surface area contributed by atoms with E-state index >= 15 is 0 Å². The Balaban J connectivity index is 2.99. The van der Waals surface area contributed by atoms with Gasteiger partial charge in [0, 0.05) is 12.2 Å². The predicted octanol–water partition coefficient (Wildman–Crippen LogP) is 2.74. The minimum atomic E-state index is -4.93. The van der Waals surface area contributed by atoms with Crippen molar-refractivity contribution < 1.29 is 22.4 Å². The Kier molecular flexibility index (Phi) is 3.51. The third-order valence-electron chi connectivity index (χ3n) is 1.94. The van der Waals surface area contributed by atoms with Gasteiger partial charge in [-0.2, -0.15) is 13.2 Å². The molecule has 0 unspecified atom stereocenters. The van der Waals surface area contributed by atoms with E-state index in [0.717, 1.165) is 24.3 Å². The van der Waals surface area contributed by atoms with Gasteiger partial charge >= 0.3 is 12.1 Å². The fourth-order valence-electron chi connectivity index (χ4n) is 1.22. The lowest BCUT2D eigenvalue weighted by atomic mass is 10.2. The second-order valence-electron chi connectivity index (χ2n) is 3.02. The molecule has 0 saturated heterocycles. The summed E-state index contributed by atoms with van der Waals surface area (Å²) in [6.45, 7) is 1.27. The molecule has 1 aromatic rings. The molecule has 2 nitrogen and oxygen atoms in total. The third kappa shape index (κ3) is 2.71. The van der Waals surface area contributed by atoms with Crippen LogP contribution in [0.5, 0.6) is 0 Å². The SMILES string of the molecule is CCN(C(=O)C(F)(F)F)c1ccc(F)cc1. The van der Waals surface area contributed by atoms with E-state index in [1.54, 1.807) is 0 Å². The third-order valence-corrected chi connectivity index (χ3v) is 1.94. The van der Waals surface area contributed by atoms with Crippen molar-refractivity contribution in [3.8, 4) is 0 Å². The molecule has 0 aromatic heterocycles. The highest BCUT2D eigenvalue weighted by atomic mass is 19.4. The molecule has 6 heteroatoms. The summed E-state index contributed by atoms with van der Waals surface area (Å²) in [6.07, 6.45) is -4.93. The topological polar surface area (TPSA) is 20.3 Å². The molecule has 0 spiro atoms. The maximum atomic E-state index is 12.6. The van der Waals surface area contributed by atoms with E-state index in [4.69, 9.17) is 0 Å². The van der Waals surface area contributed by atoms with Crippen molar-refractivity contribution in [2.45, 2.75) is 13.1 Å². The average molecular weight is 235 g/mol. The number of halogens is 4. The van der Waals surface area contributed by atoms with Gasteiger partial charge < -0.3 is 4.90 Å². The summed E-state index contributed by atoms with van der Waals surface area (Å²) < 4.78 is 49.1. The Morgan fingerprint density at radius 2 is 1.75 bits per heavy atom. The highest BCUT2D eigenvalue weighted by molar-refractivity contribution is 5.97. The quantitative estimate of drug-likeness (QED) is 0.722. The first-order valence-electron chi connectivity index (χ1n) is 4.50. The minimum absolute atomic E-state index is 0.0197. The summed E-state index contributed by atoms with van der Waals surface area (Å²) in [5.41, 5.74) is 0.0197. The zero-order valence-corrected chi connectivity index (χ0v) is 8.38. The Morgan fingerprint density at radius 3 is 2.12 bits per heavy atom. The fourth-order valence-corrected chi connectivity index (χ4v) is 1.22. The number of benzene rings is 1. The van der Waals surface area contributed by atoms with Crippen LogP contribution in [-0.4, -0.2) is 18.6 Å². The van der Waals surface area contributed by atoms with Crippen LogP contribution in [-0.2, 0) is 4.79 Å². The first kappa shape index (κ1) is 12.5. The number of hydrogen-bond donors (Lipinski definition) is 0.